The Balaban J connectivity index is 1.81. The van der Waals surface area contributed by atoms with E-state index in [2.05, 4.69) is 31.3 Å². The number of benzene rings is 2. The first kappa shape index (κ1) is 19.0. The third kappa shape index (κ3) is 3.82. The van der Waals surface area contributed by atoms with E-state index in [0.29, 0.717) is 18.0 Å². The van der Waals surface area contributed by atoms with Crippen LogP contribution in [0.2, 0.25) is 0 Å². The van der Waals surface area contributed by atoms with Crippen molar-refractivity contribution in [3.8, 4) is 5.75 Å². The molecule has 5 nitrogen and oxygen atoms in total. The number of amides is 2. The number of para-hydroxylation sites is 3. The topological polar surface area (TPSA) is 58.6 Å². The summed E-state index contributed by atoms with van der Waals surface area (Å²) in [7, 11) is 1.57. The number of hydrogen-bond donors (Lipinski definition) is 1. The molecule has 5 heteroatoms. The fourth-order valence-electron chi connectivity index (χ4n) is 3.64. The third-order valence-electron chi connectivity index (χ3n) is 5.10. The molecule has 2 amide bonds. The summed E-state index contributed by atoms with van der Waals surface area (Å²) in [6.45, 7) is 4.58. The minimum Gasteiger partial charge on any atom is -0.495 e. The maximum absolute atomic E-state index is 12.8. The highest BCUT2D eigenvalue weighted by Gasteiger charge is 2.36. The standard InChI is InChI=1S/C22H26N2O3/c1-4-15-9-8-10-16(5-2)21(15)24-14-17(13-20(24)25)22(26)23-18-11-6-7-12-19(18)27-3/h6-12,17H,4-5,13-14H2,1-3H3,(H,23,26)/t17-/m0/s1. The Morgan fingerprint density at radius 1 is 1.11 bits per heavy atom. The first-order valence-corrected chi connectivity index (χ1v) is 9.44. The van der Waals surface area contributed by atoms with Crippen molar-refractivity contribution >= 4 is 23.2 Å². The Kier molecular flexibility index (Phi) is 5.79. The monoisotopic (exact) mass is 366 g/mol. The van der Waals surface area contributed by atoms with Crippen molar-refractivity contribution in [1.82, 2.24) is 0 Å². The second-order valence-corrected chi connectivity index (χ2v) is 6.73. The SMILES string of the molecule is CCc1cccc(CC)c1N1C[C@@H](C(=O)Nc2ccccc2OC)CC1=O. The van der Waals surface area contributed by atoms with Gasteiger partial charge in [-0.05, 0) is 36.1 Å². The van der Waals surface area contributed by atoms with Crippen LogP contribution in [0.1, 0.15) is 31.4 Å². The summed E-state index contributed by atoms with van der Waals surface area (Å²) in [6, 6.07) is 13.4. The maximum atomic E-state index is 12.8. The number of anilines is 2. The predicted octanol–water partition coefficient (Wildman–Crippen LogP) is 3.81. The van der Waals surface area contributed by atoms with E-state index in [1.165, 1.54) is 0 Å². The normalized spacial score (nSPS) is 16.5. The molecule has 142 valence electrons. The van der Waals surface area contributed by atoms with Crippen molar-refractivity contribution < 1.29 is 14.3 Å². The molecule has 1 atom stereocenters. The van der Waals surface area contributed by atoms with Gasteiger partial charge in [0.25, 0.3) is 0 Å². The molecule has 0 aromatic heterocycles. The van der Waals surface area contributed by atoms with Crippen LogP contribution >= 0.6 is 0 Å². The average molecular weight is 366 g/mol. The van der Waals surface area contributed by atoms with Gasteiger partial charge < -0.3 is 15.0 Å². The molecular weight excluding hydrogens is 340 g/mol. The summed E-state index contributed by atoms with van der Waals surface area (Å²) in [6.07, 6.45) is 1.93. The lowest BCUT2D eigenvalue weighted by atomic mass is 10.0. The van der Waals surface area contributed by atoms with Crippen LogP contribution in [0.4, 0.5) is 11.4 Å². The first-order valence-electron chi connectivity index (χ1n) is 9.44. The predicted molar refractivity (Wildman–Crippen MR) is 107 cm³/mol. The van der Waals surface area contributed by atoms with Gasteiger partial charge >= 0.3 is 0 Å². The second kappa shape index (κ2) is 8.25. The van der Waals surface area contributed by atoms with E-state index in [0.717, 1.165) is 29.7 Å². The highest BCUT2D eigenvalue weighted by Crippen LogP contribution is 2.33. The molecule has 0 saturated carbocycles. The minimum absolute atomic E-state index is 0.00535. The van der Waals surface area contributed by atoms with E-state index in [9.17, 15) is 9.59 Å². The van der Waals surface area contributed by atoms with E-state index >= 15 is 0 Å². The molecule has 2 aromatic rings. The minimum atomic E-state index is -0.378. The second-order valence-electron chi connectivity index (χ2n) is 6.73. The van der Waals surface area contributed by atoms with E-state index in [1.807, 2.05) is 18.2 Å². The third-order valence-corrected chi connectivity index (χ3v) is 5.10. The molecule has 1 aliphatic heterocycles. The van der Waals surface area contributed by atoms with Crippen LogP contribution in [0.5, 0.6) is 5.75 Å². The van der Waals surface area contributed by atoms with Gasteiger partial charge in [-0.1, -0.05) is 44.2 Å². The van der Waals surface area contributed by atoms with Gasteiger partial charge in [-0.2, -0.15) is 0 Å². The number of hydrogen-bond acceptors (Lipinski definition) is 3. The van der Waals surface area contributed by atoms with Crippen molar-refractivity contribution in [2.24, 2.45) is 5.92 Å². The lowest BCUT2D eigenvalue weighted by Crippen LogP contribution is -2.29. The zero-order valence-electron chi connectivity index (χ0n) is 16.1. The molecule has 0 aliphatic carbocycles. The Hall–Kier alpha value is -2.82. The van der Waals surface area contributed by atoms with Crippen LogP contribution < -0.4 is 15.0 Å². The summed E-state index contributed by atoms with van der Waals surface area (Å²) < 4.78 is 5.29. The van der Waals surface area contributed by atoms with Crippen molar-refractivity contribution in [3.05, 3.63) is 53.6 Å². The molecule has 27 heavy (non-hydrogen) atoms. The van der Waals surface area contributed by atoms with E-state index < -0.39 is 0 Å². The molecule has 3 rings (SSSR count). The summed E-state index contributed by atoms with van der Waals surface area (Å²) in [5, 5.41) is 2.91. The van der Waals surface area contributed by atoms with Crippen LogP contribution in [0.15, 0.2) is 42.5 Å². The number of carbonyl (C=O) groups excluding carboxylic acids is 2. The molecule has 0 unspecified atom stereocenters. The molecule has 1 heterocycles. The van der Waals surface area contributed by atoms with Gasteiger partial charge in [-0.15, -0.1) is 0 Å². The molecular formula is C22H26N2O3. The quantitative estimate of drug-likeness (QED) is 0.846. The maximum Gasteiger partial charge on any atom is 0.229 e. The number of rotatable bonds is 6. The Bertz CT molecular complexity index is 825. The number of nitrogens with zero attached hydrogens (tertiary/aromatic N) is 1. The smallest absolute Gasteiger partial charge is 0.229 e. The van der Waals surface area contributed by atoms with Crippen LogP contribution in [0, 0.1) is 5.92 Å². The average Bonchev–Trinajstić information content (AvgIpc) is 3.09. The van der Waals surface area contributed by atoms with Crippen LogP contribution in [-0.4, -0.2) is 25.5 Å². The number of aryl methyl sites for hydroxylation is 2. The molecule has 2 aromatic carbocycles. The first-order chi connectivity index (χ1) is 13.1. The highest BCUT2D eigenvalue weighted by atomic mass is 16.5. The summed E-state index contributed by atoms with van der Waals surface area (Å²) in [4.78, 5) is 27.3. The molecule has 1 saturated heterocycles. The highest BCUT2D eigenvalue weighted by molar-refractivity contribution is 6.04. The Morgan fingerprint density at radius 2 is 1.78 bits per heavy atom. The largest absolute Gasteiger partial charge is 0.495 e. The zero-order valence-corrected chi connectivity index (χ0v) is 16.1. The van der Waals surface area contributed by atoms with E-state index in [1.54, 1.807) is 24.1 Å². The van der Waals surface area contributed by atoms with Gasteiger partial charge in [0.1, 0.15) is 5.75 Å². The summed E-state index contributed by atoms with van der Waals surface area (Å²) in [5.41, 5.74) is 3.90. The lowest BCUT2D eigenvalue weighted by Gasteiger charge is -2.23. The Morgan fingerprint density at radius 3 is 2.41 bits per heavy atom. The van der Waals surface area contributed by atoms with Crippen LogP contribution in [0.3, 0.4) is 0 Å². The fraction of sp³-hybridized carbons (Fsp3) is 0.364. The van der Waals surface area contributed by atoms with Gasteiger partial charge in [-0.3, -0.25) is 9.59 Å². The number of carbonyl (C=O) groups is 2. The number of methoxy groups -OCH3 is 1. The van der Waals surface area contributed by atoms with Gasteiger partial charge in [0, 0.05) is 18.7 Å². The number of nitrogens with one attached hydrogen (secondary N) is 1. The van der Waals surface area contributed by atoms with Gasteiger partial charge in [0.05, 0.1) is 18.7 Å². The summed E-state index contributed by atoms with van der Waals surface area (Å²) in [5.74, 6) is 0.0850. The van der Waals surface area contributed by atoms with Gasteiger partial charge in [0.15, 0.2) is 0 Å². The fourth-order valence-corrected chi connectivity index (χ4v) is 3.64. The molecule has 1 aliphatic rings. The molecule has 0 bridgehead atoms. The van der Waals surface area contributed by atoms with E-state index in [-0.39, 0.29) is 24.2 Å². The summed E-state index contributed by atoms with van der Waals surface area (Å²) >= 11 is 0. The van der Waals surface area contributed by atoms with Crippen molar-refractivity contribution in [3.63, 3.8) is 0 Å². The van der Waals surface area contributed by atoms with Crippen LogP contribution in [0.25, 0.3) is 0 Å². The van der Waals surface area contributed by atoms with E-state index in [4.69, 9.17) is 4.74 Å². The zero-order chi connectivity index (χ0) is 19.4. The molecule has 1 N–H and O–H groups in total. The van der Waals surface area contributed by atoms with Crippen LogP contribution in [-0.2, 0) is 22.4 Å². The number of ether oxygens (including phenoxy) is 1. The van der Waals surface area contributed by atoms with Gasteiger partial charge in [0.2, 0.25) is 11.8 Å². The van der Waals surface area contributed by atoms with Gasteiger partial charge in [-0.25, -0.2) is 0 Å². The van der Waals surface area contributed by atoms with Crippen molar-refractivity contribution in [2.75, 3.05) is 23.9 Å². The van der Waals surface area contributed by atoms with Crippen molar-refractivity contribution in [1.29, 1.82) is 0 Å². The molecule has 0 spiro atoms. The molecule has 1 fully saturated rings. The van der Waals surface area contributed by atoms with Crippen molar-refractivity contribution in [2.45, 2.75) is 33.1 Å². The Labute approximate surface area is 160 Å². The molecule has 0 radical (unpaired) electrons. The lowest BCUT2D eigenvalue weighted by molar-refractivity contribution is -0.122.